The molecule has 0 rings (SSSR count). The Balaban J connectivity index is 3.15. The summed E-state index contributed by atoms with van der Waals surface area (Å²) in [6.07, 6.45) is 39.8. The van der Waals surface area contributed by atoms with Crippen molar-refractivity contribution < 1.29 is 0 Å². The first-order chi connectivity index (χ1) is 15.3. The third-order valence-corrected chi connectivity index (χ3v) is 7.38. The van der Waals surface area contributed by atoms with Gasteiger partial charge in [-0.2, -0.15) is 0 Å². The molecule has 0 heterocycles. The van der Waals surface area contributed by atoms with Crippen LogP contribution in [0.25, 0.3) is 0 Å². The zero-order chi connectivity index (χ0) is 22.7. The fourth-order valence-corrected chi connectivity index (χ4v) is 5.20. The van der Waals surface area contributed by atoms with E-state index in [0.717, 1.165) is 5.92 Å². The van der Waals surface area contributed by atoms with Gasteiger partial charge < -0.3 is 0 Å². The normalized spacial score (nSPS) is 12.5. The van der Waals surface area contributed by atoms with Crippen molar-refractivity contribution in [2.45, 2.75) is 194 Å². The maximum atomic E-state index is 2.36. The van der Waals surface area contributed by atoms with E-state index in [1.807, 2.05) is 0 Å². The molecule has 0 saturated carbocycles. The number of hydrogen-bond acceptors (Lipinski definition) is 0. The van der Waals surface area contributed by atoms with Crippen molar-refractivity contribution in [3.8, 4) is 0 Å². The van der Waals surface area contributed by atoms with E-state index in [4.69, 9.17) is 0 Å². The van der Waals surface area contributed by atoms with Crippen LogP contribution in [0.1, 0.15) is 194 Å². The van der Waals surface area contributed by atoms with Gasteiger partial charge in [-0.05, 0) is 5.92 Å². The summed E-state index contributed by atoms with van der Waals surface area (Å²) < 4.78 is 0. The Hall–Kier alpha value is 0. The van der Waals surface area contributed by atoms with Crippen molar-refractivity contribution >= 4 is 0 Å². The first kappa shape index (κ1) is 31.0. The summed E-state index contributed by atoms with van der Waals surface area (Å²) in [5, 5.41) is 0. The molecule has 188 valence electrons. The van der Waals surface area contributed by atoms with Crippen LogP contribution >= 0.6 is 0 Å². The third kappa shape index (κ3) is 26.1. The topological polar surface area (TPSA) is 0 Å². The molecule has 0 nitrogen and oxygen atoms in total. The van der Waals surface area contributed by atoms with E-state index in [0.29, 0.717) is 0 Å². The largest absolute Gasteiger partial charge is 0.0654 e. The van der Waals surface area contributed by atoms with Crippen molar-refractivity contribution in [1.82, 2.24) is 0 Å². The lowest BCUT2D eigenvalue weighted by molar-refractivity contribution is 0.383. The maximum absolute atomic E-state index is 2.36. The number of rotatable bonds is 27. The van der Waals surface area contributed by atoms with Crippen LogP contribution in [0.4, 0.5) is 0 Å². The Morgan fingerprint density at radius 3 is 0.871 bits per heavy atom. The maximum Gasteiger partial charge on any atom is -0.0414 e. The Morgan fingerprint density at radius 2 is 0.548 bits per heavy atom. The van der Waals surface area contributed by atoms with Crippen LogP contribution < -0.4 is 0 Å². The highest BCUT2D eigenvalue weighted by Crippen LogP contribution is 2.22. The van der Waals surface area contributed by atoms with Crippen molar-refractivity contribution in [2.24, 2.45) is 5.92 Å². The molecule has 0 aromatic rings. The lowest BCUT2D eigenvalue weighted by Gasteiger charge is -2.15. The van der Waals surface area contributed by atoms with Gasteiger partial charge in [0.25, 0.3) is 0 Å². The molecule has 1 unspecified atom stereocenters. The highest BCUT2D eigenvalue weighted by atomic mass is 14.1. The monoisotopic (exact) mass is 437 g/mol. The Labute approximate surface area is 200 Å². The third-order valence-electron chi connectivity index (χ3n) is 7.38. The van der Waals surface area contributed by atoms with E-state index in [2.05, 4.69) is 20.8 Å². The van der Waals surface area contributed by atoms with Gasteiger partial charge in [-0.25, -0.2) is 0 Å². The summed E-state index contributed by atoms with van der Waals surface area (Å²) >= 11 is 0. The molecule has 0 fully saturated rings. The minimum Gasteiger partial charge on any atom is -0.0654 e. The molecule has 1 atom stereocenters. The van der Waals surface area contributed by atoms with Gasteiger partial charge in [0, 0.05) is 0 Å². The minimum absolute atomic E-state index is 1.03. The minimum atomic E-state index is 1.03. The summed E-state index contributed by atoms with van der Waals surface area (Å²) in [7, 11) is 0. The molecule has 0 N–H and O–H groups in total. The number of hydrogen-bond donors (Lipinski definition) is 0. The van der Waals surface area contributed by atoms with Crippen LogP contribution in [0.15, 0.2) is 0 Å². The van der Waals surface area contributed by atoms with E-state index in [9.17, 15) is 0 Å². The van der Waals surface area contributed by atoms with Gasteiger partial charge in [0.1, 0.15) is 0 Å². The highest BCUT2D eigenvalue weighted by Gasteiger charge is 2.06. The fraction of sp³-hybridized carbons (Fsp3) is 1.00. The fourth-order valence-electron chi connectivity index (χ4n) is 5.20. The van der Waals surface area contributed by atoms with Crippen molar-refractivity contribution in [1.29, 1.82) is 0 Å². The summed E-state index contributed by atoms with van der Waals surface area (Å²) in [4.78, 5) is 0. The van der Waals surface area contributed by atoms with E-state index in [1.165, 1.54) is 173 Å². The van der Waals surface area contributed by atoms with Crippen molar-refractivity contribution in [3.05, 3.63) is 0 Å². The van der Waals surface area contributed by atoms with E-state index < -0.39 is 0 Å². The Morgan fingerprint density at radius 1 is 0.258 bits per heavy atom. The average molecular weight is 437 g/mol. The van der Waals surface area contributed by atoms with Gasteiger partial charge in [0.2, 0.25) is 0 Å². The zero-order valence-corrected chi connectivity index (χ0v) is 22.7. The first-order valence-corrected chi connectivity index (χ1v) is 15.3. The van der Waals surface area contributed by atoms with Crippen LogP contribution in [0, 0.1) is 5.92 Å². The lowest BCUT2D eigenvalue weighted by atomic mass is 9.91. The molecule has 0 aromatic carbocycles. The molecule has 0 bridgehead atoms. The second-order valence-corrected chi connectivity index (χ2v) is 10.7. The van der Waals surface area contributed by atoms with Crippen LogP contribution in [-0.4, -0.2) is 0 Å². The SMILES string of the molecule is CCCCCCCCCCCCCCCCCCCCCCCC(CCC)CCCC. The summed E-state index contributed by atoms with van der Waals surface area (Å²) in [6.45, 7) is 7.00. The van der Waals surface area contributed by atoms with Gasteiger partial charge in [-0.15, -0.1) is 0 Å². The van der Waals surface area contributed by atoms with E-state index >= 15 is 0 Å². The molecule has 0 aliphatic heterocycles. The second kappa shape index (κ2) is 28.0. The molecule has 0 radical (unpaired) electrons. The molecular weight excluding hydrogens is 372 g/mol. The molecule has 0 heteroatoms. The predicted octanol–water partition coefficient (Wildman–Crippen LogP) is 12.2. The predicted molar refractivity (Wildman–Crippen MR) is 145 cm³/mol. The molecular formula is C31H64. The summed E-state index contributed by atoms with van der Waals surface area (Å²) in [5.41, 5.74) is 0. The molecule has 0 aliphatic carbocycles. The second-order valence-electron chi connectivity index (χ2n) is 10.7. The molecule has 0 aliphatic rings. The average Bonchev–Trinajstić information content (AvgIpc) is 2.78. The van der Waals surface area contributed by atoms with Crippen LogP contribution in [0.5, 0.6) is 0 Å². The Kier molecular flexibility index (Phi) is 28.0. The smallest absolute Gasteiger partial charge is 0.0414 e. The molecule has 0 amide bonds. The van der Waals surface area contributed by atoms with Crippen LogP contribution in [0.2, 0.25) is 0 Å². The van der Waals surface area contributed by atoms with Gasteiger partial charge in [-0.1, -0.05) is 194 Å². The zero-order valence-electron chi connectivity index (χ0n) is 22.7. The standard InChI is InChI=1S/C31H64/c1-4-7-9-10-11-12-13-14-15-16-17-18-19-20-21-22-23-24-25-26-27-30-31(28-6-3)29-8-5-2/h31H,4-30H2,1-3H3. The van der Waals surface area contributed by atoms with Crippen molar-refractivity contribution in [3.63, 3.8) is 0 Å². The van der Waals surface area contributed by atoms with E-state index in [-0.39, 0.29) is 0 Å². The summed E-state index contributed by atoms with van der Waals surface area (Å²) in [5.74, 6) is 1.03. The van der Waals surface area contributed by atoms with Gasteiger partial charge in [0.15, 0.2) is 0 Å². The van der Waals surface area contributed by atoms with E-state index in [1.54, 1.807) is 0 Å². The van der Waals surface area contributed by atoms with Crippen LogP contribution in [0.3, 0.4) is 0 Å². The highest BCUT2D eigenvalue weighted by molar-refractivity contribution is 4.60. The molecule has 0 spiro atoms. The first-order valence-electron chi connectivity index (χ1n) is 15.3. The van der Waals surface area contributed by atoms with Crippen molar-refractivity contribution in [2.75, 3.05) is 0 Å². The Bertz CT molecular complexity index is 294. The summed E-state index contributed by atoms with van der Waals surface area (Å²) in [6, 6.07) is 0. The van der Waals surface area contributed by atoms with Gasteiger partial charge >= 0.3 is 0 Å². The molecule has 0 saturated heterocycles. The van der Waals surface area contributed by atoms with Gasteiger partial charge in [-0.3, -0.25) is 0 Å². The van der Waals surface area contributed by atoms with Crippen LogP contribution in [-0.2, 0) is 0 Å². The quantitative estimate of drug-likeness (QED) is 0.112. The number of unbranched alkanes of at least 4 members (excludes halogenated alkanes) is 21. The molecule has 0 aromatic heterocycles. The van der Waals surface area contributed by atoms with Gasteiger partial charge in [0.05, 0.1) is 0 Å². The molecule has 31 heavy (non-hydrogen) atoms. The lowest BCUT2D eigenvalue weighted by Crippen LogP contribution is -2.00.